The molecule has 0 aromatic rings. The van der Waals surface area contributed by atoms with Crippen LogP contribution in [0.2, 0.25) is 0 Å². The van der Waals surface area contributed by atoms with Crippen molar-refractivity contribution in [3.05, 3.63) is 26.9 Å². The summed E-state index contributed by atoms with van der Waals surface area (Å²) in [7, 11) is 0. The minimum atomic E-state index is -0.987. The molecule has 9 heteroatoms. The van der Waals surface area contributed by atoms with Crippen LogP contribution in [0.1, 0.15) is 133 Å². The van der Waals surface area contributed by atoms with Gasteiger partial charge < -0.3 is 25.8 Å². The van der Waals surface area contributed by atoms with E-state index in [0.717, 1.165) is 55.9 Å². The maximum Gasteiger partial charge on any atom is 1.00 e. The third-order valence-electron chi connectivity index (χ3n) is 7.64. The topological polar surface area (TPSA) is 102 Å². The Morgan fingerprint density at radius 1 is 1.11 bits per heavy atom. The van der Waals surface area contributed by atoms with Gasteiger partial charge in [0.25, 0.3) is 0 Å². The van der Waals surface area contributed by atoms with Crippen molar-refractivity contribution in [2.75, 3.05) is 13.1 Å². The number of amides is 1. The normalized spacial score (nSPS) is 24.3. The van der Waals surface area contributed by atoms with Crippen molar-refractivity contribution in [3.63, 3.8) is 0 Å². The number of carboxylic acids is 1. The Kier molecular flexibility index (Phi) is 22.7. The summed E-state index contributed by atoms with van der Waals surface area (Å²) in [5.41, 5.74) is -0.0780. The van der Waals surface area contributed by atoms with Gasteiger partial charge in [0.15, 0.2) is 0 Å². The van der Waals surface area contributed by atoms with Crippen molar-refractivity contribution in [1.29, 1.82) is 0 Å². The van der Waals surface area contributed by atoms with E-state index in [0.29, 0.717) is 12.2 Å². The molecule has 0 aromatic carbocycles. The van der Waals surface area contributed by atoms with Gasteiger partial charge in [0.1, 0.15) is 5.60 Å². The van der Waals surface area contributed by atoms with Gasteiger partial charge in [-0.25, -0.2) is 9.59 Å². The van der Waals surface area contributed by atoms with Crippen LogP contribution in [0.3, 0.4) is 0 Å². The van der Waals surface area contributed by atoms with Crippen LogP contribution in [0.25, 0.3) is 5.32 Å². The van der Waals surface area contributed by atoms with E-state index in [9.17, 15) is 14.7 Å². The smallest absolute Gasteiger partial charge is 0.684 e. The number of hydrogen-bond acceptors (Lipinski definition) is 5. The quantitative estimate of drug-likeness (QED) is 0.164. The number of nitrogens with one attached hydrogen (secondary N) is 2. The van der Waals surface area contributed by atoms with Gasteiger partial charge in [-0.2, -0.15) is 0 Å². The van der Waals surface area contributed by atoms with Gasteiger partial charge >= 0.3 is 63.4 Å². The number of alkyl carbamates (subject to hydrolysis) is 1. The Hall–Kier alpha value is -0.474. The van der Waals surface area contributed by atoms with E-state index in [1.165, 1.54) is 43.9 Å². The number of aliphatic carboxylic acids is 1. The molecular formula is C35H60KN3O4S. The summed E-state index contributed by atoms with van der Waals surface area (Å²) >= 11 is 1.18. The second-order valence-corrected chi connectivity index (χ2v) is 14.1. The van der Waals surface area contributed by atoms with Gasteiger partial charge in [-0.1, -0.05) is 109 Å². The summed E-state index contributed by atoms with van der Waals surface area (Å²) in [5.74, 6) is 6.37. The molecule has 3 fully saturated rings. The SMILES string of the molecule is CC.CC1CCCCC1.CCC=C(C#CC(C)(C)C)S/C(C(=O)O)=C(\C)[N-]C1CCC(NC(=O)OC2(C)CCNC2)CC1.[K+]. The number of rotatable bonds is 8. The Bertz CT molecular complexity index is 976. The molecule has 1 atom stereocenters. The van der Waals surface area contributed by atoms with Gasteiger partial charge in [-0.05, 0) is 59.4 Å². The molecule has 2 aliphatic carbocycles. The predicted octanol–water partition coefficient (Wildman–Crippen LogP) is 6.16. The number of carbonyl (C=O) groups is 2. The van der Waals surface area contributed by atoms with Crippen LogP contribution in [0, 0.1) is 23.2 Å². The van der Waals surface area contributed by atoms with Crippen molar-refractivity contribution >= 4 is 23.8 Å². The van der Waals surface area contributed by atoms with Gasteiger partial charge in [-0.15, -0.1) is 11.7 Å². The minimum absolute atomic E-state index is 0. The molecule has 44 heavy (non-hydrogen) atoms. The van der Waals surface area contributed by atoms with E-state index in [1.54, 1.807) is 6.92 Å². The number of carboxylic acid groups (broad SMARTS) is 1. The van der Waals surface area contributed by atoms with Crippen LogP contribution in [-0.4, -0.2) is 47.9 Å². The number of carbonyl (C=O) groups excluding carboxylic acids is 1. The Balaban J connectivity index is 0.00000160. The molecule has 0 aromatic heterocycles. The minimum Gasteiger partial charge on any atom is -0.684 e. The molecule has 1 amide bonds. The van der Waals surface area contributed by atoms with Crippen molar-refractivity contribution in [1.82, 2.24) is 10.6 Å². The van der Waals surface area contributed by atoms with Gasteiger partial charge in [0, 0.05) is 24.4 Å². The van der Waals surface area contributed by atoms with Crippen LogP contribution in [0.15, 0.2) is 21.6 Å². The fraction of sp³-hybridized carbons (Fsp3) is 0.771. The second kappa shape index (κ2) is 23.0. The van der Waals surface area contributed by atoms with Crippen molar-refractivity contribution in [3.8, 4) is 11.8 Å². The molecule has 7 nitrogen and oxygen atoms in total. The van der Waals surface area contributed by atoms with E-state index in [4.69, 9.17) is 10.1 Å². The van der Waals surface area contributed by atoms with Gasteiger partial charge in [0.2, 0.25) is 0 Å². The van der Waals surface area contributed by atoms with Crippen LogP contribution in [-0.2, 0) is 9.53 Å². The monoisotopic (exact) mass is 657 g/mol. The molecule has 1 aliphatic heterocycles. The van der Waals surface area contributed by atoms with Crippen LogP contribution < -0.4 is 62.0 Å². The molecule has 3 rings (SSSR count). The van der Waals surface area contributed by atoms with E-state index < -0.39 is 11.6 Å². The number of thioether (sulfide) groups is 1. The summed E-state index contributed by atoms with van der Waals surface area (Å²) in [6, 6.07) is 0.0983. The fourth-order valence-corrected chi connectivity index (χ4v) is 6.08. The predicted molar refractivity (Wildman–Crippen MR) is 182 cm³/mol. The number of hydrogen-bond donors (Lipinski definition) is 3. The maximum atomic E-state index is 12.3. The summed E-state index contributed by atoms with van der Waals surface area (Å²) in [6.07, 6.45) is 13.8. The number of ether oxygens (including phenoxy) is 1. The van der Waals surface area contributed by atoms with Crippen molar-refractivity contribution in [2.45, 2.75) is 151 Å². The maximum absolute atomic E-state index is 12.3. The molecule has 3 aliphatic rings. The first-order valence-electron chi connectivity index (χ1n) is 16.6. The zero-order chi connectivity index (χ0) is 32.5. The first kappa shape index (κ1) is 43.5. The molecule has 0 spiro atoms. The average molecular weight is 658 g/mol. The molecule has 3 N–H and O–H groups in total. The second-order valence-electron chi connectivity index (χ2n) is 13.1. The largest absolute Gasteiger partial charge is 1.00 e. The van der Waals surface area contributed by atoms with Crippen molar-refractivity contribution < 1.29 is 70.8 Å². The Morgan fingerprint density at radius 2 is 1.73 bits per heavy atom. The molecule has 1 heterocycles. The zero-order valence-corrected chi connectivity index (χ0v) is 33.5. The van der Waals surface area contributed by atoms with E-state index >= 15 is 0 Å². The van der Waals surface area contributed by atoms with Crippen molar-refractivity contribution in [2.24, 2.45) is 11.3 Å². The molecule has 0 radical (unpaired) electrons. The van der Waals surface area contributed by atoms with E-state index in [2.05, 4.69) is 29.4 Å². The molecule has 1 unspecified atom stereocenters. The first-order chi connectivity index (χ1) is 20.3. The molecule has 1 saturated heterocycles. The third-order valence-corrected chi connectivity index (χ3v) is 8.81. The average Bonchev–Trinajstić information content (AvgIpc) is 3.38. The summed E-state index contributed by atoms with van der Waals surface area (Å²) in [6.45, 7) is 19.7. The summed E-state index contributed by atoms with van der Waals surface area (Å²) < 4.78 is 5.62. The standard InChI is InChI=1S/C26H40N3O4S.C7H14.C2H6.K/c1-7-8-21(13-14-25(3,4)5)34-22(23(30)31)18(2)28-19-9-11-20(12-10-19)29-24(32)33-26(6)15-16-27-17-26;1-7-5-3-2-4-6-7;1-2;/h8,19-20,27H,7,9-12,15-17H2,1-6H3,(H,29,32)(H,30,31);7H,2-6H2,1H3;1-2H3;/q-1;;;+1/b21-8?,22-18+;;;. The molecule has 246 valence electrons. The van der Waals surface area contributed by atoms with E-state index in [1.807, 2.05) is 54.5 Å². The Morgan fingerprint density at radius 3 is 2.18 bits per heavy atom. The Labute approximate surface area is 316 Å². The number of allylic oxidation sites excluding steroid dienone is 3. The number of nitrogens with zero attached hydrogens (tertiary/aromatic N) is 1. The summed E-state index contributed by atoms with van der Waals surface area (Å²) in [4.78, 5) is 25.2. The fourth-order valence-electron chi connectivity index (χ4n) is 5.22. The zero-order valence-electron chi connectivity index (χ0n) is 29.5. The van der Waals surface area contributed by atoms with Crippen LogP contribution >= 0.6 is 11.8 Å². The van der Waals surface area contributed by atoms with Crippen LogP contribution in [0.5, 0.6) is 0 Å². The van der Waals surface area contributed by atoms with Crippen LogP contribution in [0.4, 0.5) is 4.79 Å². The first-order valence-corrected chi connectivity index (χ1v) is 17.4. The summed E-state index contributed by atoms with van der Waals surface area (Å²) in [5, 5.41) is 20.8. The molecular weight excluding hydrogens is 598 g/mol. The van der Waals surface area contributed by atoms with Gasteiger partial charge in [0.05, 0.1) is 9.81 Å². The van der Waals surface area contributed by atoms with Gasteiger partial charge in [-0.3, -0.25) is 0 Å². The molecule has 0 bridgehead atoms. The van der Waals surface area contributed by atoms with E-state index in [-0.39, 0.29) is 79.9 Å². The third kappa shape index (κ3) is 18.6. The molecule has 2 saturated carbocycles.